The van der Waals surface area contributed by atoms with Crippen molar-refractivity contribution >= 4 is 34.8 Å². The molecule has 0 aliphatic rings. The van der Waals surface area contributed by atoms with E-state index in [0.717, 1.165) is 6.20 Å². The molecule has 3 amide bonds. The third kappa shape index (κ3) is 7.52. The number of carboxylic acid groups (broad SMARTS) is 1. The number of aromatic amines is 1. The van der Waals surface area contributed by atoms with Gasteiger partial charge < -0.3 is 30.2 Å². The highest BCUT2D eigenvalue weighted by atomic mass is 19.1. The molecule has 0 fully saturated rings. The van der Waals surface area contributed by atoms with Crippen LogP contribution < -0.4 is 16.2 Å². The van der Waals surface area contributed by atoms with Gasteiger partial charge >= 0.3 is 6.09 Å². The molecular weight excluding hydrogens is 521 g/mol. The van der Waals surface area contributed by atoms with Crippen molar-refractivity contribution in [1.82, 2.24) is 29.7 Å². The fraction of sp³-hybridized carbons (Fsp3) is 0.407. The summed E-state index contributed by atoms with van der Waals surface area (Å²) in [6.45, 7) is 5.67. The summed E-state index contributed by atoms with van der Waals surface area (Å²) in [6, 6.07) is 1.91. The molecule has 12 nitrogen and oxygen atoms in total. The monoisotopic (exact) mass is 555 g/mol. The summed E-state index contributed by atoms with van der Waals surface area (Å²) in [5, 5.41) is 13.8. The number of rotatable bonds is 11. The maximum Gasteiger partial charge on any atom is 0.405 e. The lowest BCUT2D eigenvalue weighted by Gasteiger charge is -2.17. The highest BCUT2D eigenvalue weighted by Crippen LogP contribution is 2.21. The van der Waals surface area contributed by atoms with E-state index < -0.39 is 29.4 Å². The van der Waals surface area contributed by atoms with Gasteiger partial charge in [0.15, 0.2) is 5.65 Å². The maximum absolute atomic E-state index is 14.5. The predicted molar refractivity (Wildman–Crippen MR) is 148 cm³/mol. The van der Waals surface area contributed by atoms with Gasteiger partial charge in [-0.3, -0.25) is 14.4 Å². The zero-order chi connectivity index (χ0) is 29.6. The molecule has 40 heavy (non-hydrogen) atoms. The van der Waals surface area contributed by atoms with E-state index in [1.54, 1.807) is 33.2 Å². The number of amides is 3. The molecule has 0 aliphatic heterocycles. The van der Waals surface area contributed by atoms with Crippen molar-refractivity contribution in [2.24, 2.45) is 5.92 Å². The first-order valence-corrected chi connectivity index (χ1v) is 12.8. The van der Waals surface area contributed by atoms with Gasteiger partial charge in [-0.2, -0.15) is 0 Å². The van der Waals surface area contributed by atoms with Gasteiger partial charge in [-0.1, -0.05) is 19.9 Å². The molecule has 1 unspecified atom stereocenters. The van der Waals surface area contributed by atoms with Crippen LogP contribution in [0.25, 0.3) is 11.2 Å². The molecule has 0 radical (unpaired) electrons. The number of likely N-dealkylation sites (N-methyl/N-ethyl adjacent to an activating group) is 1. The van der Waals surface area contributed by atoms with E-state index in [1.807, 2.05) is 13.8 Å². The number of aryl methyl sites for hydroxylation is 1. The number of hydrogen-bond donors (Lipinski definition) is 4. The number of allylic oxidation sites excluding steroid dienone is 1. The van der Waals surface area contributed by atoms with Crippen LogP contribution in [0.4, 0.5) is 14.9 Å². The van der Waals surface area contributed by atoms with Crippen LogP contribution in [0.3, 0.4) is 0 Å². The smallest absolute Gasteiger partial charge is 0.405 e. The Kier molecular flexibility index (Phi) is 9.75. The molecule has 3 aromatic rings. The zero-order valence-electron chi connectivity index (χ0n) is 23.1. The average molecular weight is 556 g/mol. The molecule has 0 aliphatic carbocycles. The van der Waals surface area contributed by atoms with Crippen LogP contribution in [0, 0.1) is 18.7 Å². The van der Waals surface area contributed by atoms with E-state index in [-0.39, 0.29) is 36.9 Å². The number of imidazole rings is 1. The van der Waals surface area contributed by atoms with E-state index in [4.69, 9.17) is 0 Å². The number of hydrogen-bond acceptors (Lipinski definition) is 6. The number of carbonyl (C=O) groups excluding carboxylic acids is 2. The summed E-state index contributed by atoms with van der Waals surface area (Å²) >= 11 is 0. The number of halogens is 1. The van der Waals surface area contributed by atoms with Gasteiger partial charge in [-0.05, 0) is 50.3 Å². The number of pyridine rings is 2. The van der Waals surface area contributed by atoms with Crippen LogP contribution in [0.2, 0.25) is 0 Å². The van der Waals surface area contributed by atoms with Crippen LogP contribution in [0.15, 0.2) is 35.3 Å². The number of fused-ring (bicyclic) bond motifs is 1. The van der Waals surface area contributed by atoms with Crippen LogP contribution in [-0.4, -0.2) is 67.6 Å². The Morgan fingerprint density at radius 1 is 1.25 bits per heavy atom. The SMILES string of the molecule is Cc1ccc(NC(=O)C(CC/C=C/C(=O)N(C)C)NC(=O)O)c(=O)n1Cc1nc2c(CC(C)C)c(F)cnc2[nH]1. The summed E-state index contributed by atoms with van der Waals surface area (Å²) in [5.74, 6) is -0.822. The fourth-order valence-electron chi connectivity index (χ4n) is 4.05. The van der Waals surface area contributed by atoms with Gasteiger partial charge in [-0.15, -0.1) is 0 Å². The number of anilines is 1. The van der Waals surface area contributed by atoms with Crippen molar-refractivity contribution in [3.8, 4) is 0 Å². The Balaban J connectivity index is 1.82. The van der Waals surface area contributed by atoms with Crippen LogP contribution in [-0.2, 0) is 22.6 Å². The quantitative estimate of drug-likeness (QED) is 0.264. The Bertz CT molecular complexity index is 1490. The molecule has 3 aromatic heterocycles. The highest BCUT2D eigenvalue weighted by Gasteiger charge is 2.22. The van der Waals surface area contributed by atoms with Crippen molar-refractivity contribution in [3.63, 3.8) is 0 Å². The molecule has 0 bridgehead atoms. The molecular formula is C27H34FN7O5. The van der Waals surface area contributed by atoms with Crippen LogP contribution in [0.5, 0.6) is 0 Å². The molecule has 3 heterocycles. The van der Waals surface area contributed by atoms with Crippen LogP contribution >= 0.6 is 0 Å². The third-order valence-corrected chi connectivity index (χ3v) is 6.12. The summed E-state index contributed by atoms with van der Waals surface area (Å²) in [5.41, 5.74) is 1.27. The lowest BCUT2D eigenvalue weighted by atomic mass is 10.0. The van der Waals surface area contributed by atoms with Crippen molar-refractivity contribution < 1.29 is 23.9 Å². The largest absolute Gasteiger partial charge is 0.465 e. The summed E-state index contributed by atoms with van der Waals surface area (Å²) < 4.78 is 15.8. The Hall–Kier alpha value is -4.55. The minimum atomic E-state index is -1.40. The van der Waals surface area contributed by atoms with Gasteiger partial charge in [0.25, 0.3) is 5.56 Å². The normalized spacial score (nSPS) is 12.2. The van der Waals surface area contributed by atoms with Gasteiger partial charge in [-0.25, -0.2) is 19.2 Å². The standard InChI is InChI=1S/C27H34FN7O5/c1-15(2)12-17-18(28)13-29-24-23(17)32-21(33-24)14-35-16(3)10-11-20(26(35)38)30-25(37)19(31-27(39)40)8-6-7-9-22(36)34(4)5/h7,9-11,13,15,19,31H,6,8,12,14H2,1-5H3,(H,30,37)(H,39,40)(H,29,32,33)/b9-7+. The third-order valence-electron chi connectivity index (χ3n) is 6.12. The summed E-state index contributed by atoms with van der Waals surface area (Å²) in [6.07, 6.45) is 3.41. The highest BCUT2D eigenvalue weighted by molar-refractivity contribution is 5.96. The number of aromatic nitrogens is 4. The van der Waals surface area contributed by atoms with E-state index in [2.05, 4.69) is 25.6 Å². The molecule has 0 saturated heterocycles. The molecule has 1 atom stereocenters. The predicted octanol–water partition coefficient (Wildman–Crippen LogP) is 2.81. The van der Waals surface area contributed by atoms with Gasteiger partial charge in [0.1, 0.15) is 28.9 Å². The molecule has 0 spiro atoms. The summed E-state index contributed by atoms with van der Waals surface area (Å²) in [4.78, 5) is 62.2. The van der Waals surface area contributed by atoms with Gasteiger partial charge in [0.2, 0.25) is 11.8 Å². The first-order valence-electron chi connectivity index (χ1n) is 12.8. The summed E-state index contributed by atoms with van der Waals surface area (Å²) in [7, 11) is 3.19. The van der Waals surface area contributed by atoms with Crippen molar-refractivity contribution in [2.45, 2.75) is 52.6 Å². The minimum absolute atomic E-state index is 0.00891. The van der Waals surface area contributed by atoms with Gasteiger partial charge in [0, 0.05) is 25.4 Å². The average Bonchev–Trinajstić information content (AvgIpc) is 3.29. The number of H-pyrrole nitrogens is 1. The number of nitrogens with one attached hydrogen (secondary N) is 3. The molecule has 3 rings (SSSR count). The number of nitrogens with zero attached hydrogens (tertiary/aromatic N) is 4. The number of carbonyl (C=O) groups is 3. The van der Waals surface area contributed by atoms with Crippen molar-refractivity contribution in [1.29, 1.82) is 0 Å². The molecule has 13 heteroatoms. The maximum atomic E-state index is 14.5. The second kappa shape index (κ2) is 13.0. The second-order valence-electron chi connectivity index (χ2n) is 10.0. The molecule has 4 N–H and O–H groups in total. The van der Waals surface area contributed by atoms with Crippen molar-refractivity contribution in [3.05, 3.63) is 63.7 Å². The second-order valence-corrected chi connectivity index (χ2v) is 10.0. The Morgan fingerprint density at radius 3 is 2.62 bits per heavy atom. The molecule has 0 aromatic carbocycles. The lowest BCUT2D eigenvalue weighted by Crippen LogP contribution is -2.44. The van der Waals surface area contributed by atoms with E-state index in [9.17, 15) is 28.7 Å². The van der Waals surface area contributed by atoms with Crippen molar-refractivity contribution in [2.75, 3.05) is 19.4 Å². The Morgan fingerprint density at radius 2 is 1.98 bits per heavy atom. The van der Waals surface area contributed by atoms with E-state index in [0.29, 0.717) is 34.7 Å². The zero-order valence-corrected chi connectivity index (χ0v) is 23.1. The minimum Gasteiger partial charge on any atom is -0.465 e. The topological polar surface area (TPSA) is 162 Å². The first kappa shape index (κ1) is 30.0. The molecule has 214 valence electrons. The van der Waals surface area contributed by atoms with Gasteiger partial charge in [0.05, 0.1) is 12.7 Å². The van der Waals surface area contributed by atoms with Crippen LogP contribution in [0.1, 0.15) is 43.8 Å². The van der Waals surface area contributed by atoms with E-state index in [1.165, 1.54) is 21.6 Å². The first-order chi connectivity index (χ1) is 18.9. The van der Waals surface area contributed by atoms with E-state index >= 15 is 0 Å². The Labute approximate surface area is 230 Å². The lowest BCUT2D eigenvalue weighted by molar-refractivity contribution is -0.123. The fourth-order valence-corrected chi connectivity index (χ4v) is 4.05. The molecule has 0 saturated carbocycles.